The van der Waals surface area contributed by atoms with Crippen molar-refractivity contribution < 1.29 is 13.2 Å². The summed E-state index contributed by atoms with van der Waals surface area (Å²) >= 11 is 1.65. The van der Waals surface area contributed by atoms with E-state index in [1.54, 1.807) is 16.2 Å². The molecule has 0 N–H and O–H groups in total. The fourth-order valence-corrected chi connectivity index (χ4v) is 7.46. The van der Waals surface area contributed by atoms with Gasteiger partial charge in [0.25, 0.3) is 5.91 Å². The number of carbonyl (C=O) groups is 1. The number of hydrogen-bond donors (Lipinski definition) is 0. The Labute approximate surface area is 176 Å². The van der Waals surface area contributed by atoms with Crippen molar-refractivity contribution in [2.75, 3.05) is 18.6 Å². The lowest BCUT2D eigenvalue weighted by Gasteiger charge is -2.17. The second-order valence-electron chi connectivity index (χ2n) is 8.43. The van der Waals surface area contributed by atoms with Crippen LogP contribution in [0.5, 0.6) is 0 Å². The normalized spacial score (nSPS) is 21.0. The van der Waals surface area contributed by atoms with Gasteiger partial charge < -0.3 is 4.90 Å². The Kier molecular flexibility index (Phi) is 5.59. The summed E-state index contributed by atoms with van der Waals surface area (Å²) in [5.41, 5.74) is 4.20. The van der Waals surface area contributed by atoms with Crippen LogP contribution < -0.4 is 0 Å². The Morgan fingerprint density at radius 1 is 1.28 bits per heavy atom. The maximum atomic E-state index is 13.1. The molecular weight excluding hydrogens is 406 g/mol. The van der Waals surface area contributed by atoms with E-state index in [4.69, 9.17) is 0 Å². The van der Waals surface area contributed by atoms with Crippen molar-refractivity contribution in [3.8, 4) is 0 Å². The molecule has 0 spiro atoms. The second-order valence-corrected chi connectivity index (χ2v) is 11.8. The van der Waals surface area contributed by atoms with Crippen LogP contribution >= 0.6 is 11.3 Å². The number of aryl methyl sites for hydroxylation is 3. The number of hydrogen-bond acceptors (Lipinski definition) is 5. The molecule has 2 aromatic rings. The summed E-state index contributed by atoms with van der Waals surface area (Å²) in [6.07, 6.45) is 6.48. The van der Waals surface area contributed by atoms with E-state index in [-0.39, 0.29) is 23.5 Å². The summed E-state index contributed by atoms with van der Waals surface area (Å²) in [5.74, 6) is 0.439. The average molecular weight is 436 g/mol. The minimum absolute atomic E-state index is 0.0538. The first-order chi connectivity index (χ1) is 13.7. The Morgan fingerprint density at radius 3 is 2.76 bits per heavy atom. The Morgan fingerprint density at radius 2 is 2.03 bits per heavy atom. The minimum Gasteiger partial charge on any atom is -0.337 e. The van der Waals surface area contributed by atoms with Gasteiger partial charge in [-0.2, -0.15) is 5.10 Å². The molecule has 0 radical (unpaired) electrons. The molecule has 1 atom stereocenters. The number of sulfone groups is 1. The fraction of sp³-hybridized carbons (Fsp3) is 0.619. The third-order valence-electron chi connectivity index (χ3n) is 6.23. The summed E-state index contributed by atoms with van der Waals surface area (Å²) in [4.78, 5) is 17.0. The predicted octanol–water partition coefficient (Wildman–Crippen LogP) is 3.46. The third-order valence-corrected chi connectivity index (χ3v) is 9.20. The van der Waals surface area contributed by atoms with Crippen LogP contribution in [-0.4, -0.2) is 47.6 Å². The van der Waals surface area contributed by atoms with Crippen molar-refractivity contribution in [3.05, 3.63) is 38.3 Å². The molecule has 1 aliphatic heterocycles. The van der Waals surface area contributed by atoms with Crippen LogP contribution in [-0.2, 0) is 29.2 Å². The molecule has 158 valence electrons. The highest BCUT2D eigenvalue weighted by Gasteiger charge is 2.32. The van der Waals surface area contributed by atoms with Crippen molar-refractivity contribution in [2.45, 2.75) is 65.0 Å². The molecule has 0 saturated carbocycles. The minimum atomic E-state index is -2.96. The van der Waals surface area contributed by atoms with Gasteiger partial charge in [0.2, 0.25) is 0 Å². The standard InChI is InChI=1S/C21H29N3O3S2/c1-14-18(15(2)24(22-14)17-9-10-29(26,27)13-17)12-23(3)21(25)20-11-16-7-5-4-6-8-19(16)28-20/h11,17H,4-10,12-13H2,1-3H3. The van der Waals surface area contributed by atoms with Gasteiger partial charge in [-0.15, -0.1) is 11.3 Å². The highest BCUT2D eigenvalue weighted by Crippen LogP contribution is 2.31. The van der Waals surface area contributed by atoms with Crippen molar-refractivity contribution in [1.29, 1.82) is 0 Å². The molecule has 29 heavy (non-hydrogen) atoms. The summed E-state index contributed by atoms with van der Waals surface area (Å²) in [5, 5.41) is 4.62. The molecule has 1 aliphatic carbocycles. The smallest absolute Gasteiger partial charge is 0.263 e. The van der Waals surface area contributed by atoms with Crippen LogP contribution in [0.2, 0.25) is 0 Å². The summed E-state index contributed by atoms with van der Waals surface area (Å²) in [6, 6.07) is 2.00. The zero-order valence-corrected chi connectivity index (χ0v) is 19.0. The van der Waals surface area contributed by atoms with E-state index >= 15 is 0 Å². The van der Waals surface area contributed by atoms with Crippen LogP contribution in [0, 0.1) is 13.8 Å². The molecule has 0 bridgehead atoms. The van der Waals surface area contributed by atoms with Crippen molar-refractivity contribution in [1.82, 2.24) is 14.7 Å². The lowest BCUT2D eigenvalue weighted by molar-refractivity contribution is 0.0789. The SMILES string of the molecule is Cc1nn(C2CCS(=O)(=O)C2)c(C)c1CN(C)C(=O)c1cc2c(s1)CCCCC2. The first-order valence-electron chi connectivity index (χ1n) is 10.4. The second kappa shape index (κ2) is 7.87. The topological polar surface area (TPSA) is 72.3 Å². The van der Waals surface area contributed by atoms with E-state index in [0.29, 0.717) is 13.0 Å². The van der Waals surface area contributed by atoms with Crippen LogP contribution in [0.4, 0.5) is 0 Å². The quantitative estimate of drug-likeness (QED) is 0.690. The lowest BCUT2D eigenvalue weighted by Crippen LogP contribution is -2.26. The number of thiophene rings is 1. The van der Waals surface area contributed by atoms with E-state index in [2.05, 4.69) is 11.2 Å². The van der Waals surface area contributed by atoms with Gasteiger partial charge in [0.1, 0.15) is 0 Å². The maximum absolute atomic E-state index is 13.1. The Hall–Kier alpha value is -1.67. The molecule has 1 unspecified atom stereocenters. The van der Waals surface area contributed by atoms with Gasteiger partial charge in [-0.3, -0.25) is 9.48 Å². The van der Waals surface area contributed by atoms with Crippen molar-refractivity contribution >= 4 is 27.1 Å². The van der Waals surface area contributed by atoms with Gasteiger partial charge in [0.05, 0.1) is 28.1 Å². The molecule has 8 heteroatoms. The molecule has 1 fully saturated rings. The van der Waals surface area contributed by atoms with Gasteiger partial charge in [0.15, 0.2) is 9.84 Å². The van der Waals surface area contributed by atoms with Crippen LogP contribution in [0.3, 0.4) is 0 Å². The fourth-order valence-electron chi connectivity index (χ4n) is 4.52. The maximum Gasteiger partial charge on any atom is 0.263 e. The van der Waals surface area contributed by atoms with Crippen LogP contribution in [0.15, 0.2) is 6.07 Å². The zero-order chi connectivity index (χ0) is 20.8. The predicted molar refractivity (Wildman–Crippen MR) is 115 cm³/mol. The largest absolute Gasteiger partial charge is 0.337 e. The van der Waals surface area contributed by atoms with E-state index in [0.717, 1.165) is 34.7 Å². The molecule has 6 nitrogen and oxygen atoms in total. The number of amides is 1. The van der Waals surface area contributed by atoms with Crippen molar-refractivity contribution in [3.63, 3.8) is 0 Å². The van der Waals surface area contributed by atoms with Gasteiger partial charge in [-0.25, -0.2) is 8.42 Å². The monoisotopic (exact) mass is 435 g/mol. The highest BCUT2D eigenvalue weighted by atomic mass is 32.2. The Bertz CT molecular complexity index is 1010. The first kappa shape index (κ1) is 20.6. The molecule has 1 saturated heterocycles. The van der Waals surface area contributed by atoms with Gasteiger partial charge in [-0.05, 0) is 57.6 Å². The Balaban J connectivity index is 1.51. The number of fused-ring (bicyclic) bond motifs is 1. The van der Waals surface area contributed by atoms with E-state index < -0.39 is 9.84 Å². The number of carbonyl (C=O) groups excluding carboxylic acids is 1. The van der Waals surface area contributed by atoms with Gasteiger partial charge in [0, 0.05) is 29.7 Å². The molecule has 2 aromatic heterocycles. The number of rotatable bonds is 4. The van der Waals surface area contributed by atoms with E-state index in [1.807, 2.05) is 25.6 Å². The van der Waals surface area contributed by atoms with Gasteiger partial charge in [-0.1, -0.05) is 6.42 Å². The van der Waals surface area contributed by atoms with E-state index in [1.165, 1.54) is 29.7 Å². The summed E-state index contributed by atoms with van der Waals surface area (Å²) in [7, 11) is -1.13. The average Bonchev–Trinajstić information content (AvgIpc) is 3.27. The lowest BCUT2D eigenvalue weighted by atomic mass is 10.1. The molecule has 0 aromatic carbocycles. The van der Waals surface area contributed by atoms with Gasteiger partial charge >= 0.3 is 0 Å². The first-order valence-corrected chi connectivity index (χ1v) is 13.0. The highest BCUT2D eigenvalue weighted by molar-refractivity contribution is 7.91. The number of aromatic nitrogens is 2. The molecule has 1 amide bonds. The molecule has 2 aliphatic rings. The van der Waals surface area contributed by atoms with Crippen molar-refractivity contribution in [2.24, 2.45) is 0 Å². The van der Waals surface area contributed by atoms with Crippen LogP contribution in [0.25, 0.3) is 0 Å². The summed E-state index contributed by atoms with van der Waals surface area (Å²) < 4.78 is 25.6. The van der Waals surface area contributed by atoms with E-state index in [9.17, 15) is 13.2 Å². The van der Waals surface area contributed by atoms with Crippen LogP contribution in [0.1, 0.15) is 68.8 Å². The number of nitrogens with zero attached hydrogens (tertiary/aromatic N) is 3. The molecule has 3 heterocycles. The summed E-state index contributed by atoms with van der Waals surface area (Å²) in [6.45, 7) is 4.40. The molecular formula is C21H29N3O3S2. The zero-order valence-electron chi connectivity index (χ0n) is 17.4. The third kappa shape index (κ3) is 4.14. The molecule has 4 rings (SSSR count).